The van der Waals surface area contributed by atoms with Crippen LogP contribution in [-0.2, 0) is 25.7 Å². The standard InChI is InChI=1S/C33H56N2O5/c1-7-9-16-27(15-8-2)20-21-30(36)29(19-13-14-23-35-32(38)40-33(4,5)6)34-24-22-26(3)31(37)39-25-28-17-11-10-12-18-28/h10-12,17-18,26-27,29,34H,7-9,13-16,19-25H2,1-6H3,(H,35,38). The van der Waals surface area contributed by atoms with E-state index in [0.717, 1.165) is 31.2 Å². The van der Waals surface area contributed by atoms with Gasteiger partial charge in [-0.1, -0.05) is 83.2 Å². The average Bonchev–Trinajstić information content (AvgIpc) is 2.91. The van der Waals surface area contributed by atoms with E-state index in [0.29, 0.717) is 38.3 Å². The number of rotatable bonds is 21. The second-order valence-electron chi connectivity index (χ2n) is 12.0. The van der Waals surface area contributed by atoms with Gasteiger partial charge in [0.1, 0.15) is 18.0 Å². The number of hydrogen-bond donors (Lipinski definition) is 2. The number of Topliss-reactive ketones (excluding diaryl/α,β-unsaturated/α-hetero) is 1. The molecule has 1 amide bonds. The Bertz CT molecular complexity index is 837. The van der Waals surface area contributed by atoms with Crippen molar-refractivity contribution < 1.29 is 23.9 Å². The maximum Gasteiger partial charge on any atom is 0.407 e. The molecule has 2 N–H and O–H groups in total. The molecule has 0 spiro atoms. The first-order chi connectivity index (χ1) is 19.1. The van der Waals surface area contributed by atoms with E-state index in [2.05, 4.69) is 24.5 Å². The fourth-order valence-corrected chi connectivity index (χ4v) is 4.67. The summed E-state index contributed by atoms with van der Waals surface area (Å²) in [5, 5.41) is 6.23. The van der Waals surface area contributed by atoms with Crippen molar-refractivity contribution in [3.8, 4) is 0 Å². The zero-order valence-corrected chi connectivity index (χ0v) is 26.1. The first-order valence-corrected chi connectivity index (χ1v) is 15.5. The van der Waals surface area contributed by atoms with Crippen molar-refractivity contribution >= 4 is 17.8 Å². The minimum Gasteiger partial charge on any atom is -0.461 e. The van der Waals surface area contributed by atoms with Crippen LogP contribution < -0.4 is 10.6 Å². The Morgan fingerprint density at radius 1 is 0.850 bits per heavy atom. The number of benzene rings is 1. The van der Waals surface area contributed by atoms with E-state index in [9.17, 15) is 14.4 Å². The van der Waals surface area contributed by atoms with Crippen LogP contribution >= 0.6 is 0 Å². The quantitative estimate of drug-likeness (QED) is 0.120. The Hall–Kier alpha value is -2.41. The number of carbonyl (C=O) groups is 3. The molecule has 1 rings (SSSR count). The van der Waals surface area contributed by atoms with E-state index in [1.807, 2.05) is 58.0 Å². The summed E-state index contributed by atoms with van der Waals surface area (Å²) < 4.78 is 10.8. The summed E-state index contributed by atoms with van der Waals surface area (Å²) in [6.07, 6.45) is 9.88. The SMILES string of the molecule is CCCCC(CCC)CCC(=O)C(CCCCNC(=O)OC(C)(C)C)NCCC(C)C(=O)OCc1ccccc1. The zero-order chi connectivity index (χ0) is 29.8. The van der Waals surface area contributed by atoms with Gasteiger partial charge in [0.05, 0.1) is 12.0 Å². The molecule has 0 aliphatic carbocycles. The Balaban J connectivity index is 2.57. The van der Waals surface area contributed by atoms with Gasteiger partial charge in [0.25, 0.3) is 0 Å². The highest BCUT2D eigenvalue weighted by Gasteiger charge is 2.21. The summed E-state index contributed by atoms with van der Waals surface area (Å²) in [5.41, 5.74) is 0.442. The van der Waals surface area contributed by atoms with Gasteiger partial charge in [-0.25, -0.2) is 4.79 Å². The van der Waals surface area contributed by atoms with Crippen molar-refractivity contribution in [1.29, 1.82) is 0 Å². The highest BCUT2D eigenvalue weighted by molar-refractivity contribution is 5.84. The number of unbranched alkanes of at least 4 members (excludes halogenated alkanes) is 2. The van der Waals surface area contributed by atoms with Crippen LogP contribution in [0.25, 0.3) is 0 Å². The van der Waals surface area contributed by atoms with Crippen molar-refractivity contribution in [3.63, 3.8) is 0 Å². The molecular formula is C33H56N2O5. The van der Waals surface area contributed by atoms with Crippen molar-refractivity contribution in [2.24, 2.45) is 11.8 Å². The monoisotopic (exact) mass is 560 g/mol. The molecule has 0 aliphatic rings. The molecule has 3 unspecified atom stereocenters. The number of alkyl carbamates (subject to hydrolysis) is 1. The Kier molecular flexibility index (Phi) is 18.2. The maximum atomic E-state index is 13.3. The van der Waals surface area contributed by atoms with Crippen LogP contribution in [0.15, 0.2) is 30.3 Å². The summed E-state index contributed by atoms with van der Waals surface area (Å²) in [5.74, 6) is 0.372. The summed E-state index contributed by atoms with van der Waals surface area (Å²) >= 11 is 0. The topological polar surface area (TPSA) is 93.7 Å². The molecular weight excluding hydrogens is 504 g/mol. The molecule has 0 heterocycles. The van der Waals surface area contributed by atoms with Gasteiger partial charge in [0.15, 0.2) is 0 Å². The normalized spacial score (nSPS) is 13.8. The van der Waals surface area contributed by atoms with Crippen molar-refractivity contribution in [1.82, 2.24) is 10.6 Å². The molecule has 0 bridgehead atoms. The van der Waals surface area contributed by atoms with Gasteiger partial charge in [0.2, 0.25) is 0 Å². The average molecular weight is 561 g/mol. The molecule has 0 saturated carbocycles. The summed E-state index contributed by atoms with van der Waals surface area (Å²) in [6.45, 7) is 13.2. The summed E-state index contributed by atoms with van der Waals surface area (Å²) in [6, 6.07) is 9.41. The molecule has 1 aromatic rings. The highest BCUT2D eigenvalue weighted by Crippen LogP contribution is 2.21. The molecule has 0 radical (unpaired) electrons. The Morgan fingerprint density at radius 2 is 1.57 bits per heavy atom. The second kappa shape index (κ2) is 20.5. The van der Waals surface area contributed by atoms with Crippen molar-refractivity contribution in [2.75, 3.05) is 13.1 Å². The third-order valence-electron chi connectivity index (χ3n) is 7.03. The van der Waals surface area contributed by atoms with Gasteiger partial charge >= 0.3 is 12.1 Å². The van der Waals surface area contributed by atoms with Gasteiger partial charge in [-0.2, -0.15) is 0 Å². The molecule has 0 fully saturated rings. The number of hydrogen-bond acceptors (Lipinski definition) is 6. The van der Waals surface area contributed by atoms with Crippen LogP contribution in [0.4, 0.5) is 4.79 Å². The first-order valence-electron chi connectivity index (χ1n) is 15.5. The lowest BCUT2D eigenvalue weighted by molar-refractivity contribution is -0.149. The minimum atomic E-state index is -0.524. The number of amides is 1. The highest BCUT2D eigenvalue weighted by atomic mass is 16.6. The number of esters is 1. The fraction of sp³-hybridized carbons (Fsp3) is 0.727. The van der Waals surface area contributed by atoms with E-state index in [1.165, 1.54) is 25.7 Å². The van der Waals surface area contributed by atoms with E-state index in [-0.39, 0.29) is 30.3 Å². The predicted octanol–water partition coefficient (Wildman–Crippen LogP) is 7.37. The van der Waals surface area contributed by atoms with Gasteiger partial charge < -0.3 is 20.1 Å². The molecule has 0 aliphatic heterocycles. The second-order valence-corrected chi connectivity index (χ2v) is 12.0. The Labute approximate surface area is 243 Å². The lowest BCUT2D eigenvalue weighted by Gasteiger charge is -2.21. The summed E-state index contributed by atoms with van der Waals surface area (Å²) in [7, 11) is 0. The van der Waals surface area contributed by atoms with E-state index in [1.54, 1.807) is 0 Å². The van der Waals surface area contributed by atoms with Crippen LogP contribution in [0.2, 0.25) is 0 Å². The minimum absolute atomic E-state index is 0.222. The van der Waals surface area contributed by atoms with Crippen LogP contribution in [0.3, 0.4) is 0 Å². The van der Waals surface area contributed by atoms with Crippen LogP contribution in [0.1, 0.15) is 118 Å². The number of carbonyl (C=O) groups excluding carboxylic acids is 3. The first kappa shape index (κ1) is 35.6. The fourth-order valence-electron chi connectivity index (χ4n) is 4.67. The van der Waals surface area contributed by atoms with Gasteiger partial charge in [-0.3, -0.25) is 9.59 Å². The van der Waals surface area contributed by atoms with Crippen LogP contribution in [0, 0.1) is 11.8 Å². The van der Waals surface area contributed by atoms with Crippen molar-refractivity contribution in [3.05, 3.63) is 35.9 Å². The third-order valence-corrected chi connectivity index (χ3v) is 7.03. The van der Waals surface area contributed by atoms with Crippen LogP contribution in [0.5, 0.6) is 0 Å². The summed E-state index contributed by atoms with van der Waals surface area (Å²) in [4.78, 5) is 37.6. The lowest BCUT2D eigenvalue weighted by atomic mass is 9.90. The molecule has 7 nitrogen and oxygen atoms in total. The van der Waals surface area contributed by atoms with Gasteiger partial charge in [-0.15, -0.1) is 0 Å². The molecule has 40 heavy (non-hydrogen) atoms. The van der Waals surface area contributed by atoms with E-state index in [4.69, 9.17) is 9.47 Å². The third kappa shape index (κ3) is 17.3. The zero-order valence-electron chi connectivity index (χ0n) is 26.1. The molecule has 7 heteroatoms. The smallest absolute Gasteiger partial charge is 0.407 e. The van der Waals surface area contributed by atoms with Gasteiger partial charge in [0, 0.05) is 13.0 Å². The molecule has 1 aromatic carbocycles. The van der Waals surface area contributed by atoms with Crippen molar-refractivity contribution in [2.45, 2.75) is 130 Å². The van der Waals surface area contributed by atoms with E-state index < -0.39 is 11.7 Å². The maximum absolute atomic E-state index is 13.3. The molecule has 228 valence electrons. The molecule has 0 saturated heterocycles. The van der Waals surface area contributed by atoms with E-state index >= 15 is 0 Å². The lowest BCUT2D eigenvalue weighted by Crippen LogP contribution is -2.38. The molecule has 0 aromatic heterocycles. The van der Waals surface area contributed by atoms with Crippen LogP contribution in [-0.4, -0.2) is 42.6 Å². The number of ether oxygens (including phenoxy) is 2. The molecule has 3 atom stereocenters. The Morgan fingerprint density at radius 3 is 2.23 bits per heavy atom. The number of nitrogens with one attached hydrogen (secondary N) is 2. The largest absolute Gasteiger partial charge is 0.461 e. The predicted molar refractivity (Wildman–Crippen MR) is 162 cm³/mol. The number of ketones is 1. The van der Waals surface area contributed by atoms with Gasteiger partial charge in [-0.05, 0) is 70.9 Å².